The van der Waals surface area contributed by atoms with E-state index in [1.807, 2.05) is 29.2 Å². The second-order valence-electron chi connectivity index (χ2n) is 6.63. The molecule has 3 rings (SSSR count). The number of amides is 3. The van der Waals surface area contributed by atoms with E-state index in [2.05, 4.69) is 6.92 Å². The van der Waals surface area contributed by atoms with Crippen LogP contribution in [0.5, 0.6) is 0 Å². The van der Waals surface area contributed by atoms with Gasteiger partial charge in [0.25, 0.3) is 5.91 Å². The van der Waals surface area contributed by atoms with Crippen LogP contribution in [0.2, 0.25) is 0 Å². The van der Waals surface area contributed by atoms with Gasteiger partial charge in [-0.15, -0.1) is 0 Å². The lowest BCUT2D eigenvalue weighted by molar-refractivity contribution is -0.139. The van der Waals surface area contributed by atoms with Gasteiger partial charge in [0.15, 0.2) is 0 Å². The Morgan fingerprint density at radius 1 is 1.08 bits per heavy atom. The van der Waals surface area contributed by atoms with Crippen molar-refractivity contribution >= 4 is 17.7 Å². The lowest BCUT2D eigenvalue weighted by Crippen LogP contribution is -2.43. The van der Waals surface area contributed by atoms with Gasteiger partial charge in [-0.25, -0.2) is 0 Å². The number of carbonyl (C=O) groups is 3. The Bertz CT molecular complexity index is 623. The number of carbonyl (C=O) groups excluding carboxylic acids is 3. The maximum atomic E-state index is 12.7. The standard InChI is InChI=1S/C19H24N2O3/c1-2-16-5-3-4-12-20(16)19(24)15-8-6-14(7-9-15)13-21-17(22)10-11-18(21)23/h6-9,16H,2-5,10-13H2,1H3. The van der Waals surface area contributed by atoms with Crippen molar-refractivity contribution in [3.05, 3.63) is 35.4 Å². The molecular formula is C19H24N2O3. The predicted octanol–water partition coefficient (Wildman–Crippen LogP) is 2.74. The highest BCUT2D eigenvalue weighted by Gasteiger charge is 2.29. The van der Waals surface area contributed by atoms with Crippen molar-refractivity contribution in [2.75, 3.05) is 6.54 Å². The highest BCUT2D eigenvalue weighted by molar-refractivity contribution is 6.01. The van der Waals surface area contributed by atoms with Crippen molar-refractivity contribution in [2.24, 2.45) is 0 Å². The van der Waals surface area contributed by atoms with Gasteiger partial charge in [-0.2, -0.15) is 0 Å². The van der Waals surface area contributed by atoms with Gasteiger partial charge in [0.1, 0.15) is 0 Å². The molecular weight excluding hydrogens is 304 g/mol. The first-order valence-corrected chi connectivity index (χ1v) is 8.83. The van der Waals surface area contributed by atoms with Crippen molar-refractivity contribution in [3.63, 3.8) is 0 Å². The first-order chi connectivity index (χ1) is 11.6. The monoisotopic (exact) mass is 328 g/mol. The Labute approximate surface area is 142 Å². The van der Waals surface area contributed by atoms with E-state index in [1.54, 1.807) is 0 Å². The molecule has 1 aromatic carbocycles. The lowest BCUT2D eigenvalue weighted by Gasteiger charge is -2.35. The molecule has 0 bridgehead atoms. The maximum absolute atomic E-state index is 12.7. The van der Waals surface area contributed by atoms with Gasteiger partial charge >= 0.3 is 0 Å². The van der Waals surface area contributed by atoms with Crippen molar-refractivity contribution in [3.8, 4) is 0 Å². The number of piperidine rings is 1. The van der Waals surface area contributed by atoms with E-state index >= 15 is 0 Å². The third kappa shape index (κ3) is 3.35. The zero-order chi connectivity index (χ0) is 17.1. The average Bonchev–Trinajstić information content (AvgIpc) is 2.93. The predicted molar refractivity (Wildman–Crippen MR) is 90.2 cm³/mol. The number of benzene rings is 1. The number of nitrogens with zero attached hydrogens (tertiary/aromatic N) is 2. The van der Waals surface area contributed by atoms with Gasteiger partial charge in [0.05, 0.1) is 6.54 Å². The summed E-state index contributed by atoms with van der Waals surface area (Å²) in [7, 11) is 0. The second-order valence-corrected chi connectivity index (χ2v) is 6.63. The summed E-state index contributed by atoms with van der Waals surface area (Å²) in [6.07, 6.45) is 4.95. The van der Waals surface area contributed by atoms with E-state index in [0.717, 1.165) is 31.4 Å². The van der Waals surface area contributed by atoms with Gasteiger partial charge in [-0.1, -0.05) is 19.1 Å². The van der Waals surface area contributed by atoms with E-state index in [-0.39, 0.29) is 17.7 Å². The molecule has 5 heteroatoms. The summed E-state index contributed by atoms with van der Waals surface area (Å²) in [4.78, 5) is 39.4. The van der Waals surface area contributed by atoms with Crippen LogP contribution in [-0.2, 0) is 16.1 Å². The van der Waals surface area contributed by atoms with Crippen LogP contribution in [0.25, 0.3) is 0 Å². The van der Waals surface area contributed by atoms with E-state index in [9.17, 15) is 14.4 Å². The van der Waals surface area contributed by atoms with Crippen molar-refractivity contribution in [1.29, 1.82) is 0 Å². The van der Waals surface area contributed by atoms with Crippen LogP contribution in [-0.4, -0.2) is 40.1 Å². The first kappa shape index (κ1) is 16.7. The van der Waals surface area contributed by atoms with Gasteiger partial charge in [0, 0.05) is 31.0 Å². The zero-order valence-electron chi connectivity index (χ0n) is 14.2. The van der Waals surface area contributed by atoms with Crippen LogP contribution in [0.1, 0.15) is 61.4 Å². The minimum absolute atomic E-state index is 0.0847. The molecule has 24 heavy (non-hydrogen) atoms. The SMILES string of the molecule is CCC1CCCCN1C(=O)c1ccc(CN2C(=O)CCC2=O)cc1. The van der Waals surface area contributed by atoms with Crippen molar-refractivity contribution < 1.29 is 14.4 Å². The molecule has 0 radical (unpaired) electrons. The average molecular weight is 328 g/mol. The van der Waals surface area contributed by atoms with Gasteiger partial charge in [-0.05, 0) is 43.4 Å². The van der Waals surface area contributed by atoms with E-state index in [1.165, 1.54) is 11.3 Å². The van der Waals surface area contributed by atoms with Crippen molar-refractivity contribution in [1.82, 2.24) is 9.80 Å². The molecule has 2 heterocycles. The quantitative estimate of drug-likeness (QED) is 0.799. The lowest BCUT2D eigenvalue weighted by atomic mass is 9.98. The van der Waals surface area contributed by atoms with Crippen LogP contribution in [0.4, 0.5) is 0 Å². The molecule has 1 aromatic rings. The fourth-order valence-corrected chi connectivity index (χ4v) is 3.59. The summed E-state index contributed by atoms with van der Waals surface area (Å²) in [6.45, 7) is 3.26. The Balaban J connectivity index is 1.68. The van der Waals surface area contributed by atoms with E-state index in [0.29, 0.717) is 31.0 Å². The smallest absolute Gasteiger partial charge is 0.254 e. The molecule has 2 fully saturated rings. The van der Waals surface area contributed by atoms with Crippen molar-refractivity contribution in [2.45, 2.75) is 58.0 Å². The molecule has 3 amide bonds. The molecule has 2 saturated heterocycles. The molecule has 2 aliphatic rings. The molecule has 0 spiro atoms. The van der Waals surface area contributed by atoms with Gasteiger partial charge < -0.3 is 4.90 Å². The molecule has 1 atom stereocenters. The number of hydrogen-bond acceptors (Lipinski definition) is 3. The van der Waals surface area contributed by atoms with Crippen LogP contribution in [0.3, 0.4) is 0 Å². The number of hydrogen-bond donors (Lipinski definition) is 0. The number of imide groups is 1. The van der Waals surface area contributed by atoms with Crippen LogP contribution in [0.15, 0.2) is 24.3 Å². The third-order valence-corrected chi connectivity index (χ3v) is 5.06. The largest absolute Gasteiger partial charge is 0.336 e. The summed E-state index contributed by atoms with van der Waals surface area (Å²) >= 11 is 0. The van der Waals surface area contributed by atoms with Gasteiger partial charge in [0.2, 0.25) is 11.8 Å². The summed E-state index contributed by atoms with van der Waals surface area (Å²) < 4.78 is 0. The number of likely N-dealkylation sites (tertiary alicyclic amines) is 2. The van der Waals surface area contributed by atoms with E-state index < -0.39 is 0 Å². The fraction of sp³-hybridized carbons (Fsp3) is 0.526. The van der Waals surface area contributed by atoms with Gasteiger partial charge in [-0.3, -0.25) is 19.3 Å². The summed E-state index contributed by atoms with van der Waals surface area (Å²) in [5.74, 6) is -0.139. The Hall–Kier alpha value is -2.17. The third-order valence-electron chi connectivity index (χ3n) is 5.06. The second kappa shape index (κ2) is 7.16. The molecule has 5 nitrogen and oxygen atoms in total. The maximum Gasteiger partial charge on any atom is 0.254 e. The highest BCUT2D eigenvalue weighted by atomic mass is 16.2. The molecule has 0 aliphatic carbocycles. The summed E-state index contributed by atoms with van der Waals surface area (Å²) in [5.41, 5.74) is 1.55. The summed E-state index contributed by atoms with van der Waals surface area (Å²) in [5, 5.41) is 0. The Morgan fingerprint density at radius 3 is 2.38 bits per heavy atom. The Morgan fingerprint density at radius 2 is 1.75 bits per heavy atom. The number of rotatable bonds is 4. The molecule has 128 valence electrons. The molecule has 0 aromatic heterocycles. The van der Waals surface area contributed by atoms with E-state index in [4.69, 9.17) is 0 Å². The minimum atomic E-state index is -0.112. The molecule has 0 N–H and O–H groups in total. The fourth-order valence-electron chi connectivity index (χ4n) is 3.59. The topological polar surface area (TPSA) is 57.7 Å². The normalized spacial score (nSPS) is 21.5. The molecule has 0 saturated carbocycles. The molecule has 1 unspecified atom stereocenters. The Kier molecular flexibility index (Phi) is 4.97. The minimum Gasteiger partial charge on any atom is -0.336 e. The van der Waals surface area contributed by atoms with Crippen LogP contribution in [0, 0.1) is 0 Å². The molecule has 2 aliphatic heterocycles. The highest BCUT2D eigenvalue weighted by Crippen LogP contribution is 2.22. The zero-order valence-corrected chi connectivity index (χ0v) is 14.2. The van der Waals surface area contributed by atoms with Crippen LogP contribution >= 0.6 is 0 Å². The van der Waals surface area contributed by atoms with Crippen LogP contribution < -0.4 is 0 Å². The summed E-state index contributed by atoms with van der Waals surface area (Å²) in [6, 6.07) is 7.65. The first-order valence-electron chi connectivity index (χ1n) is 8.83.